The Kier molecular flexibility index (Phi) is 13.1. The molecular formula is C4H8F6O4P2. The first-order valence-corrected chi connectivity index (χ1v) is 2.45. The molecule has 0 aromatic carbocycles. The van der Waals surface area contributed by atoms with Gasteiger partial charge in [-0.3, -0.25) is 0 Å². The minimum absolute atomic E-state index is 0. The van der Waals surface area contributed by atoms with E-state index in [1.54, 1.807) is 0 Å². The van der Waals surface area contributed by atoms with Crippen LogP contribution in [0.25, 0.3) is 0 Å². The Morgan fingerprint density at radius 3 is 0.750 bits per heavy atom. The average molecular weight is 296 g/mol. The van der Waals surface area contributed by atoms with Crippen LogP contribution in [0.5, 0.6) is 0 Å². The molecule has 4 nitrogen and oxygen atoms in total. The molecule has 0 N–H and O–H groups in total. The summed E-state index contributed by atoms with van der Waals surface area (Å²) in [7, 11) is 0. The first kappa shape index (κ1) is 24.6. The van der Waals surface area contributed by atoms with Crippen molar-refractivity contribution in [1.82, 2.24) is 0 Å². The number of halogens is 6. The number of carbonyl (C=O) groups excluding carboxylic acids is 2. The molecule has 0 aromatic rings. The van der Waals surface area contributed by atoms with Crippen molar-refractivity contribution in [2.75, 3.05) is 0 Å². The molecule has 0 saturated heterocycles. The van der Waals surface area contributed by atoms with Crippen molar-refractivity contribution in [3.63, 3.8) is 0 Å². The SMILES string of the molecule is O=C([O-])C(F)(F)F.O=C([O-])C(F)(F)F.[PH4+].[PH4+]. The van der Waals surface area contributed by atoms with E-state index in [0.717, 1.165) is 0 Å². The van der Waals surface area contributed by atoms with Crippen molar-refractivity contribution < 1.29 is 46.1 Å². The fourth-order valence-corrected chi connectivity index (χ4v) is 0. The van der Waals surface area contributed by atoms with E-state index in [1.165, 1.54) is 0 Å². The Labute approximate surface area is 91.2 Å². The zero-order valence-electron chi connectivity index (χ0n) is 7.90. The molecule has 12 heteroatoms. The van der Waals surface area contributed by atoms with Gasteiger partial charge in [-0.1, -0.05) is 0 Å². The normalized spacial score (nSPS) is 9.88. The van der Waals surface area contributed by atoms with Gasteiger partial charge in [0.25, 0.3) is 0 Å². The number of aliphatic carboxylic acids is 2. The maximum absolute atomic E-state index is 10.5. The van der Waals surface area contributed by atoms with Gasteiger partial charge in [0.15, 0.2) is 0 Å². The maximum Gasteiger partial charge on any atom is 0.430 e. The van der Waals surface area contributed by atoms with Crippen LogP contribution in [0.3, 0.4) is 0 Å². The highest BCUT2D eigenvalue weighted by Crippen LogP contribution is 2.12. The van der Waals surface area contributed by atoms with Gasteiger partial charge in [-0.25, -0.2) is 0 Å². The summed E-state index contributed by atoms with van der Waals surface area (Å²) in [5.74, 6) is -6.01. The molecule has 0 aliphatic heterocycles. The van der Waals surface area contributed by atoms with E-state index in [-0.39, 0.29) is 19.8 Å². The van der Waals surface area contributed by atoms with E-state index in [0.29, 0.717) is 0 Å². The predicted octanol–water partition coefficient (Wildman–Crippen LogP) is -1.82. The van der Waals surface area contributed by atoms with Gasteiger partial charge in [-0.05, 0) is 19.8 Å². The highest BCUT2D eigenvalue weighted by atomic mass is 31.0. The lowest BCUT2D eigenvalue weighted by atomic mass is 10.7. The second kappa shape index (κ2) is 8.52. The van der Waals surface area contributed by atoms with Crippen LogP contribution < -0.4 is 10.2 Å². The molecule has 0 spiro atoms. The molecule has 0 fully saturated rings. The number of alkyl halides is 6. The van der Waals surface area contributed by atoms with Crippen LogP contribution in [0.1, 0.15) is 0 Å². The molecule has 0 radical (unpaired) electrons. The highest BCUT2D eigenvalue weighted by Gasteiger charge is 2.29. The van der Waals surface area contributed by atoms with Crippen molar-refractivity contribution in [1.29, 1.82) is 0 Å². The third-order valence-corrected chi connectivity index (χ3v) is 0.463. The van der Waals surface area contributed by atoms with Crippen LogP contribution in [-0.2, 0) is 9.59 Å². The molecule has 0 saturated carbocycles. The third-order valence-electron chi connectivity index (χ3n) is 0.463. The van der Waals surface area contributed by atoms with Crippen LogP contribution in [0.2, 0.25) is 0 Å². The fraction of sp³-hybridized carbons (Fsp3) is 0.500. The van der Waals surface area contributed by atoms with Gasteiger partial charge in [-0.2, -0.15) is 26.3 Å². The number of carboxylic acids is 2. The number of hydrogen-bond donors (Lipinski definition) is 0. The molecule has 2 unspecified atom stereocenters. The highest BCUT2D eigenvalue weighted by molar-refractivity contribution is 6.92. The Balaban J connectivity index is -0.0000000800. The quantitative estimate of drug-likeness (QED) is 0.389. The predicted molar refractivity (Wildman–Crippen MR) is 47.1 cm³/mol. The Morgan fingerprint density at radius 1 is 0.688 bits per heavy atom. The summed E-state index contributed by atoms with van der Waals surface area (Å²) in [5.41, 5.74) is 0. The smallest absolute Gasteiger partial charge is 0.430 e. The molecule has 0 heterocycles. The van der Waals surface area contributed by atoms with E-state index < -0.39 is 24.3 Å². The van der Waals surface area contributed by atoms with E-state index >= 15 is 0 Å². The minimum atomic E-state index is -5.19. The van der Waals surface area contributed by atoms with E-state index in [1.807, 2.05) is 0 Å². The molecule has 0 bridgehead atoms. The summed E-state index contributed by atoms with van der Waals surface area (Å²) in [6.07, 6.45) is -10.4. The fourth-order valence-electron chi connectivity index (χ4n) is 0. The molecule has 2 atom stereocenters. The van der Waals surface area contributed by atoms with Crippen molar-refractivity contribution in [3.8, 4) is 0 Å². The van der Waals surface area contributed by atoms with Crippen molar-refractivity contribution in [2.45, 2.75) is 12.4 Å². The average Bonchev–Trinajstić information content (AvgIpc) is 1.83. The Hall–Kier alpha value is -0.620. The summed E-state index contributed by atoms with van der Waals surface area (Å²) < 4.78 is 63.1. The Bertz CT molecular complexity index is 200. The van der Waals surface area contributed by atoms with Gasteiger partial charge in [0.1, 0.15) is 11.9 Å². The van der Waals surface area contributed by atoms with Gasteiger partial charge in [0, 0.05) is 0 Å². The molecule has 0 aromatic heterocycles. The molecule has 0 aliphatic rings. The molecular weight excluding hydrogens is 288 g/mol. The Morgan fingerprint density at radius 2 is 0.750 bits per heavy atom. The van der Waals surface area contributed by atoms with Gasteiger partial charge < -0.3 is 19.8 Å². The lowest BCUT2D eigenvalue weighted by molar-refractivity contribution is -0.344. The largest absolute Gasteiger partial charge is 0.542 e. The number of carbonyl (C=O) groups is 2. The van der Waals surface area contributed by atoms with Crippen molar-refractivity contribution in [2.24, 2.45) is 0 Å². The van der Waals surface area contributed by atoms with Gasteiger partial charge in [0.2, 0.25) is 0 Å². The maximum atomic E-state index is 10.5. The molecule has 16 heavy (non-hydrogen) atoms. The van der Waals surface area contributed by atoms with Crippen LogP contribution >= 0.6 is 19.8 Å². The van der Waals surface area contributed by atoms with Crippen LogP contribution in [0.15, 0.2) is 0 Å². The van der Waals surface area contributed by atoms with Crippen LogP contribution in [0, 0.1) is 0 Å². The topological polar surface area (TPSA) is 80.3 Å². The molecule has 0 aliphatic carbocycles. The van der Waals surface area contributed by atoms with E-state index in [4.69, 9.17) is 19.8 Å². The molecule has 100 valence electrons. The monoisotopic (exact) mass is 296 g/mol. The number of rotatable bonds is 0. The molecule has 0 amide bonds. The van der Waals surface area contributed by atoms with Gasteiger partial charge >= 0.3 is 12.4 Å². The second-order valence-corrected chi connectivity index (χ2v) is 1.57. The lowest BCUT2D eigenvalue weighted by Crippen LogP contribution is -2.37. The van der Waals surface area contributed by atoms with Crippen LogP contribution in [0.4, 0.5) is 26.3 Å². The standard InChI is InChI=1S/2C2HF3O2.2H3P/c2*3-2(4,5)1(6)7;;/h2*(H,6,7);2*1H3. The van der Waals surface area contributed by atoms with Gasteiger partial charge in [-0.15, -0.1) is 0 Å². The van der Waals surface area contributed by atoms with Crippen molar-refractivity contribution in [3.05, 3.63) is 0 Å². The summed E-state index contributed by atoms with van der Waals surface area (Å²) >= 11 is 0. The summed E-state index contributed by atoms with van der Waals surface area (Å²) in [6, 6.07) is 0. The number of hydrogen-bond acceptors (Lipinski definition) is 4. The first-order valence-electron chi connectivity index (χ1n) is 2.45. The zero-order chi connectivity index (χ0) is 12.2. The van der Waals surface area contributed by atoms with Crippen molar-refractivity contribution >= 4 is 31.7 Å². The summed E-state index contributed by atoms with van der Waals surface area (Å²) in [6.45, 7) is 0. The zero-order valence-corrected chi connectivity index (χ0v) is 11.9. The summed E-state index contributed by atoms with van der Waals surface area (Å²) in [4.78, 5) is 17.6. The second-order valence-electron chi connectivity index (χ2n) is 1.57. The summed E-state index contributed by atoms with van der Waals surface area (Å²) in [5, 5.41) is 17.6. The van der Waals surface area contributed by atoms with E-state index in [9.17, 15) is 26.3 Å². The minimum Gasteiger partial charge on any atom is -0.542 e. The van der Waals surface area contributed by atoms with Crippen LogP contribution in [-0.4, -0.2) is 24.3 Å². The lowest BCUT2D eigenvalue weighted by Gasteiger charge is -2.03. The van der Waals surface area contributed by atoms with E-state index in [2.05, 4.69) is 0 Å². The third kappa shape index (κ3) is 15.8. The first-order chi connectivity index (χ1) is 5.89. The van der Waals surface area contributed by atoms with Gasteiger partial charge in [0.05, 0.1) is 0 Å². The number of carboxylic acid groups (broad SMARTS) is 2. The molecule has 0 rings (SSSR count).